The summed E-state index contributed by atoms with van der Waals surface area (Å²) in [6, 6.07) is 14.7. The van der Waals surface area contributed by atoms with E-state index in [1.807, 2.05) is 57.2 Å². The summed E-state index contributed by atoms with van der Waals surface area (Å²) in [4.78, 5) is 38.6. The van der Waals surface area contributed by atoms with Gasteiger partial charge in [-0.1, -0.05) is 43.3 Å². The molecule has 0 spiro atoms. The van der Waals surface area contributed by atoms with E-state index in [0.717, 1.165) is 32.4 Å². The van der Waals surface area contributed by atoms with Gasteiger partial charge in [-0.2, -0.15) is 9.78 Å². The molecular formula is C22H24N4O3. The van der Waals surface area contributed by atoms with Crippen LogP contribution >= 0.6 is 0 Å². The van der Waals surface area contributed by atoms with Crippen LogP contribution in [0, 0.1) is 13.8 Å². The summed E-state index contributed by atoms with van der Waals surface area (Å²) in [5.74, 6) is -0.586. The Balaban J connectivity index is 2.22. The van der Waals surface area contributed by atoms with Gasteiger partial charge in [0.25, 0.3) is 11.5 Å². The van der Waals surface area contributed by atoms with Crippen molar-refractivity contribution >= 4 is 5.91 Å². The van der Waals surface area contributed by atoms with Crippen molar-refractivity contribution in [1.29, 1.82) is 0 Å². The van der Waals surface area contributed by atoms with Crippen molar-refractivity contribution in [3.63, 3.8) is 0 Å². The second-order valence-corrected chi connectivity index (χ2v) is 7.02. The summed E-state index contributed by atoms with van der Waals surface area (Å²) in [5, 5.41) is 6.81. The van der Waals surface area contributed by atoms with E-state index in [1.165, 1.54) is 0 Å². The summed E-state index contributed by atoms with van der Waals surface area (Å²) in [6.45, 7) is 6.21. The van der Waals surface area contributed by atoms with E-state index in [2.05, 4.69) is 10.4 Å². The van der Waals surface area contributed by atoms with Crippen LogP contribution < -0.4 is 16.6 Å². The third-order valence-corrected chi connectivity index (χ3v) is 4.44. The van der Waals surface area contributed by atoms with Crippen LogP contribution in [-0.4, -0.2) is 26.8 Å². The number of rotatable bonds is 6. The second kappa shape index (κ2) is 8.68. The van der Waals surface area contributed by atoms with Gasteiger partial charge in [0, 0.05) is 6.54 Å². The lowest BCUT2D eigenvalue weighted by Crippen LogP contribution is -2.46. The smallest absolute Gasteiger partial charge is 0.350 e. The Bertz CT molecular complexity index is 1130. The van der Waals surface area contributed by atoms with Gasteiger partial charge in [-0.05, 0) is 49.1 Å². The van der Waals surface area contributed by atoms with Crippen LogP contribution in [0.2, 0.25) is 0 Å². The molecule has 2 aromatic carbocycles. The quantitative estimate of drug-likeness (QED) is 0.697. The molecule has 150 valence electrons. The van der Waals surface area contributed by atoms with Gasteiger partial charge in [0.2, 0.25) is 5.69 Å². The van der Waals surface area contributed by atoms with Crippen molar-refractivity contribution in [3.8, 4) is 5.69 Å². The van der Waals surface area contributed by atoms with Gasteiger partial charge in [0.1, 0.15) is 0 Å². The van der Waals surface area contributed by atoms with Crippen LogP contribution in [0.15, 0.2) is 58.1 Å². The highest BCUT2D eigenvalue weighted by atomic mass is 16.2. The lowest BCUT2D eigenvalue weighted by molar-refractivity contribution is 0.0944. The summed E-state index contributed by atoms with van der Waals surface area (Å²) < 4.78 is 2.19. The zero-order valence-corrected chi connectivity index (χ0v) is 16.8. The number of nitrogens with one attached hydrogen (secondary N) is 1. The van der Waals surface area contributed by atoms with E-state index in [0.29, 0.717) is 12.2 Å². The maximum atomic E-state index is 13.1. The molecule has 0 unspecified atom stereocenters. The predicted molar refractivity (Wildman–Crippen MR) is 112 cm³/mol. The fourth-order valence-corrected chi connectivity index (χ4v) is 3.13. The molecule has 1 N–H and O–H groups in total. The molecular weight excluding hydrogens is 368 g/mol. The minimum absolute atomic E-state index is 0.0554. The van der Waals surface area contributed by atoms with Crippen LogP contribution in [0.3, 0.4) is 0 Å². The van der Waals surface area contributed by atoms with Gasteiger partial charge in [-0.15, -0.1) is 0 Å². The number of carbonyl (C=O) groups is 1. The van der Waals surface area contributed by atoms with Gasteiger partial charge in [-0.3, -0.25) is 14.2 Å². The van der Waals surface area contributed by atoms with Crippen LogP contribution in [-0.2, 0) is 6.54 Å². The second-order valence-electron chi connectivity index (χ2n) is 7.02. The Hall–Kier alpha value is -3.48. The van der Waals surface area contributed by atoms with Gasteiger partial charge in [0.15, 0.2) is 0 Å². The maximum absolute atomic E-state index is 13.1. The number of hydrogen-bond donors (Lipinski definition) is 1. The fraction of sp³-hybridized carbons (Fsp3) is 0.273. The molecule has 7 nitrogen and oxygen atoms in total. The van der Waals surface area contributed by atoms with Crippen molar-refractivity contribution in [2.24, 2.45) is 0 Å². The Morgan fingerprint density at radius 2 is 1.69 bits per heavy atom. The van der Waals surface area contributed by atoms with E-state index < -0.39 is 17.2 Å². The van der Waals surface area contributed by atoms with Crippen molar-refractivity contribution in [2.45, 2.75) is 33.7 Å². The first kappa shape index (κ1) is 20.3. The lowest BCUT2D eigenvalue weighted by atomic mass is 10.1. The number of nitrogens with zero attached hydrogens (tertiary/aromatic N) is 3. The number of carbonyl (C=O) groups excluding carboxylic acids is 1. The van der Waals surface area contributed by atoms with Crippen LogP contribution in [0.4, 0.5) is 0 Å². The molecule has 7 heteroatoms. The molecule has 0 radical (unpaired) electrons. The minimum atomic E-state index is -0.701. The van der Waals surface area contributed by atoms with E-state index in [9.17, 15) is 14.4 Å². The zero-order chi connectivity index (χ0) is 21.0. The average molecular weight is 392 g/mol. The topological polar surface area (TPSA) is 86.0 Å². The average Bonchev–Trinajstić information content (AvgIpc) is 2.69. The van der Waals surface area contributed by atoms with E-state index in [1.54, 1.807) is 12.1 Å². The van der Waals surface area contributed by atoms with E-state index >= 15 is 0 Å². The Morgan fingerprint density at radius 1 is 1.03 bits per heavy atom. The molecule has 0 aliphatic carbocycles. The van der Waals surface area contributed by atoms with E-state index in [-0.39, 0.29) is 12.2 Å². The van der Waals surface area contributed by atoms with Crippen molar-refractivity contribution < 1.29 is 4.79 Å². The van der Waals surface area contributed by atoms with Crippen LogP contribution in [0.5, 0.6) is 0 Å². The molecule has 3 aromatic rings. The Kier molecular flexibility index (Phi) is 6.07. The van der Waals surface area contributed by atoms with Crippen molar-refractivity contribution in [3.05, 3.63) is 91.8 Å². The first-order chi connectivity index (χ1) is 13.9. The molecule has 0 atom stereocenters. The molecule has 0 aliphatic rings. The lowest BCUT2D eigenvalue weighted by Gasteiger charge is -2.13. The summed E-state index contributed by atoms with van der Waals surface area (Å²) in [7, 11) is 0. The predicted octanol–water partition coefficient (Wildman–Crippen LogP) is 2.20. The highest BCUT2D eigenvalue weighted by molar-refractivity contribution is 5.91. The summed E-state index contributed by atoms with van der Waals surface area (Å²) >= 11 is 0. The number of aromatic nitrogens is 3. The molecule has 1 aromatic heterocycles. The molecule has 1 amide bonds. The standard InChI is InChI=1S/C22H24N4O3/c1-4-10-23-20(27)19-21(28)25(14-17-8-6-5-7-9-17)22(29)26(24-19)18-12-15(2)11-16(3)13-18/h5-9,11-13H,4,10,14H2,1-3H3,(H,23,27). The normalized spacial score (nSPS) is 10.7. The Labute approximate surface area is 168 Å². The first-order valence-corrected chi connectivity index (χ1v) is 9.55. The van der Waals surface area contributed by atoms with Crippen molar-refractivity contribution in [1.82, 2.24) is 19.7 Å². The van der Waals surface area contributed by atoms with Gasteiger partial charge < -0.3 is 5.32 Å². The number of aryl methyl sites for hydroxylation is 2. The monoisotopic (exact) mass is 392 g/mol. The van der Waals surface area contributed by atoms with Gasteiger partial charge in [0.05, 0.1) is 12.2 Å². The van der Waals surface area contributed by atoms with Gasteiger partial charge >= 0.3 is 5.69 Å². The zero-order valence-electron chi connectivity index (χ0n) is 16.8. The van der Waals surface area contributed by atoms with Gasteiger partial charge in [-0.25, -0.2) is 4.79 Å². The maximum Gasteiger partial charge on any atom is 0.352 e. The minimum Gasteiger partial charge on any atom is -0.350 e. The summed E-state index contributed by atoms with van der Waals surface area (Å²) in [5.41, 5.74) is 1.61. The highest BCUT2D eigenvalue weighted by Crippen LogP contribution is 2.11. The third-order valence-electron chi connectivity index (χ3n) is 4.44. The SMILES string of the molecule is CCCNC(=O)c1nn(-c2cc(C)cc(C)c2)c(=O)n(Cc2ccccc2)c1=O. The molecule has 3 rings (SSSR count). The Morgan fingerprint density at radius 3 is 2.31 bits per heavy atom. The number of hydrogen-bond acceptors (Lipinski definition) is 4. The third kappa shape index (κ3) is 4.51. The summed E-state index contributed by atoms with van der Waals surface area (Å²) in [6.07, 6.45) is 0.723. The highest BCUT2D eigenvalue weighted by Gasteiger charge is 2.20. The molecule has 0 saturated carbocycles. The molecule has 0 aliphatic heterocycles. The number of benzene rings is 2. The van der Waals surface area contributed by atoms with E-state index in [4.69, 9.17) is 0 Å². The molecule has 29 heavy (non-hydrogen) atoms. The van der Waals surface area contributed by atoms with Crippen molar-refractivity contribution in [2.75, 3.05) is 6.54 Å². The first-order valence-electron chi connectivity index (χ1n) is 9.55. The van der Waals surface area contributed by atoms with Crippen LogP contribution in [0.1, 0.15) is 40.5 Å². The number of amides is 1. The fourth-order valence-electron chi connectivity index (χ4n) is 3.13. The molecule has 0 saturated heterocycles. The molecule has 1 heterocycles. The largest absolute Gasteiger partial charge is 0.352 e. The molecule has 0 bridgehead atoms. The molecule has 0 fully saturated rings. The van der Waals surface area contributed by atoms with Crippen LogP contribution in [0.25, 0.3) is 5.69 Å².